The van der Waals surface area contributed by atoms with Crippen molar-refractivity contribution in [2.45, 2.75) is 90.4 Å². The number of rotatable bonds is 5. The van der Waals surface area contributed by atoms with Gasteiger partial charge in [-0.1, -0.05) is 45.3 Å². The number of carbonyl (C=O) groups is 3. The highest BCUT2D eigenvalue weighted by atomic mass is 19.1. The lowest BCUT2D eigenvalue weighted by molar-refractivity contribution is -0.151. The van der Waals surface area contributed by atoms with Crippen LogP contribution in [0.4, 0.5) is 14.9 Å². The second-order valence-electron chi connectivity index (χ2n) is 15.0. The Kier molecular flexibility index (Phi) is 13.4. The molecule has 3 heterocycles. The Morgan fingerprint density at radius 1 is 0.900 bits per heavy atom. The van der Waals surface area contributed by atoms with E-state index in [-0.39, 0.29) is 42.0 Å². The second-order valence-corrected chi connectivity index (χ2v) is 15.0. The summed E-state index contributed by atoms with van der Waals surface area (Å²) in [6, 6.07) is 4.92. The number of esters is 1. The standard InChI is InChI=1S/C39H57FN4O6/c1-27-10-12-34(45)26-36(46)50-37(28(2)11-13-35(27)49-39(48)44-16-14-41(4)15-17-44)29(3)22-30-23-32(40)25-33(24-30)42-18-20-43(21-19-42)38(47)31-8-6-5-7-9-31/h11,13,22-25,27-28,31,34-35,37,45H,5-10,12,14-21,26H2,1-4H3/b13-11-,29-22+/t27-,28-,34+,35-,37-/m0/s1. The molecule has 10 nitrogen and oxygen atoms in total. The molecule has 2 saturated heterocycles. The van der Waals surface area contributed by atoms with Crippen LogP contribution in [0, 0.1) is 23.6 Å². The van der Waals surface area contributed by atoms with Crippen molar-refractivity contribution in [3.05, 3.63) is 47.3 Å². The fourth-order valence-electron chi connectivity index (χ4n) is 7.63. The number of carbonyl (C=O) groups excluding carboxylic acids is 3. The molecule has 11 heteroatoms. The Bertz CT molecular complexity index is 1380. The van der Waals surface area contributed by atoms with Crippen molar-refractivity contribution in [2.24, 2.45) is 17.8 Å². The second kappa shape index (κ2) is 17.7. The van der Waals surface area contributed by atoms with Crippen LogP contribution in [0.1, 0.15) is 77.7 Å². The number of halogens is 1. The number of anilines is 1. The van der Waals surface area contributed by atoms with E-state index in [4.69, 9.17) is 9.47 Å². The largest absolute Gasteiger partial charge is 0.457 e. The average Bonchev–Trinajstić information content (AvgIpc) is 3.10. The average molecular weight is 697 g/mol. The summed E-state index contributed by atoms with van der Waals surface area (Å²) in [5.74, 6) is -0.838. The van der Waals surface area contributed by atoms with Crippen LogP contribution in [0.2, 0.25) is 0 Å². The van der Waals surface area contributed by atoms with Crippen LogP contribution in [-0.4, -0.2) is 115 Å². The first-order valence-corrected chi connectivity index (χ1v) is 18.7. The minimum atomic E-state index is -0.883. The number of hydrogen-bond acceptors (Lipinski definition) is 8. The van der Waals surface area contributed by atoms with Gasteiger partial charge in [-0.25, -0.2) is 9.18 Å². The molecule has 5 atom stereocenters. The molecule has 1 aliphatic carbocycles. The fourth-order valence-corrected chi connectivity index (χ4v) is 7.63. The first-order valence-electron chi connectivity index (χ1n) is 18.7. The highest BCUT2D eigenvalue weighted by Crippen LogP contribution is 2.29. The molecule has 0 aromatic heterocycles. The third-order valence-corrected chi connectivity index (χ3v) is 10.9. The summed E-state index contributed by atoms with van der Waals surface area (Å²) in [6.45, 7) is 11.1. The molecular formula is C39H57FN4O6. The number of nitrogens with zero attached hydrogens (tertiary/aromatic N) is 4. The van der Waals surface area contributed by atoms with Crippen molar-refractivity contribution >= 4 is 29.7 Å². The van der Waals surface area contributed by atoms with Crippen molar-refractivity contribution in [3.63, 3.8) is 0 Å². The van der Waals surface area contributed by atoms with E-state index in [1.807, 2.05) is 57.0 Å². The minimum absolute atomic E-state index is 0.0759. The lowest BCUT2D eigenvalue weighted by atomic mass is 9.88. The smallest absolute Gasteiger partial charge is 0.410 e. The third kappa shape index (κ3) is 10.3. The van der Waals surface area contributed by atoms with E-state index >= 15 is 4.39 Å². The normalized spacial score (nSPS) is 29.1. The van der Waals surface area contributed by atoms with Gasteiger partial charge in [0.1, 0.15) is 18.0 Å². The maximum Gasteiger partial charge on any atom is 0.410 e. The first-order chi connectivity index (χ1) is 24.0. The zero-order chi connectivity index (χ0) is 35.8. The first kappa shape index (κ1) is 37.8. The van der Waals surface area contributed by atoms with Crippen LogP contribution in [0.3, 0.4) is 0 Å². The zero-order valence-corrected chi connectivity index (χ0v) is 30.4. The molecule has 4 aliphatic rings. The van der Waals surface area contributed by atoms with Gasteiger partial charge in [-0.15, -0.1) is 0 Å². The summed E-state index contributed by atoms with van der Waals surface area (Å²) in [7, 11) is 2.03. The molecule has 1 N–H and O–H groups in total. The molecule has 1 aromatic carbocycles. The molecule has 0 spiro atoms. The lowest BCUT2D eigenvalue weighted by Gasteiger charge is -2.38. The van der Waals surface area contributed by atoms with Gasteiger partial charge in [0.2, 0.25) is 5.91 Å². The molecule has 3 fully saturated rings. The number of aliphatic hydroxyl groups is 1. The van der Waals surface area contributed by atoms with Crippen LogP contribution in [0.15, 0.2) is 35.9 Å². The molecule has 2 amide bonds. The molecule has 0 unspecified atom stereocenters. The fraction of sp³-hybridized carbons (Fsp3) is 0.667. The minimum Gasteiger partial charge on any atom is -0.457 e. The molecule has 50 heavy (non-hydrogen) atoms. The lowest BCUT2D eigenvalue weighted by Crippen LogP contribution is -2.50. The summed E-state index contributed by atoms with van der Waals surface area (Å²) in [4.78, 5) is 47.2. The van der Waals surface area contributed by atoms with Crippen LogP contribution in [0.25, 0.3) is 6.08 Å². The van der Waals surface area contributed by atoms with Crippen LogP contribution >= 0.6 is 0 Å². The third-order valence-electron chi connectivity index (χ3n) is 10.9. The summed E-state index contributed by atoms with van der Waals surface area (Å²) < 4.78 is 27.0. The Morgan fingerprint density at radius 2 is 1.58 bits per heavy atom. The van der Waals surface area contributed by atoms with Crippen LogP contribution < -0.4 is 4.90 Å². The number of piperazine rings is 2. The number of benzene rings is 1. The molecule has 276 valence electrons. The molecule has 3 aliphatic heterocycles. The van der Waals surface area contributed by atoms with Crippen molar-refractivity contribution in [2.75, 3.05) is 64.3 Å². The number of ether oxygens (including phenoxy) is 2. The summed E-state index contributed by atoms with van der Waals surface area (Å²) in [5.41, 5.74) is 2.12. The number of amides is 2. The van der Waals surface area contributed by atoms with E-state index in [9.17, 15) is 19.5 Å². The molecule has 1 saturated carbocycles. The van der Waals surface area contributed by atoms with Crippen LogP contribution in [0.5, 0.6) is 0 Å². The number of likely N-dealkylation sites (N-methyl/N-ethyl adjacent to an activating group) is 1. The predicted octanol–water partition coefficient (Wildman–Crippen LogP) is 5.50. The van der Waals surface area contributed by atoms with Crippen molar-refractivity contribution in [1.82, 2.24) is 14.7 Å². The molecular weight excluding hydrogens is 639 g/mol. The van der Waals surface area contributed by atoms with Gasteiger partial charge in [-0.2, -0.15) is 0 Å². The van der Waals surface area contributed by atoms with Gasteiger partial charge in [0.05, 0.1) is 12.5 Å². The highest BCUT2D eigenvalue weighted by molar-refractivity contribution is 5.79. The van der Waals surface area contributed by atoms with Gasteiger partial charge >= 0.3 is 12.1 Å². The Morgan fingerprint density at radius 3 is 2.28 bits per heavy atom. The van der Waals surface area contributed by atoms with E-state index in [0.717, 1.165) is 50.0 Å². The van der Waals surface area contributed by atoms with Gasteiger partial charge in [0.25, 0.3) is 0 Å². The Labute approximate surface area is 297 Å². The van der Waals surface area contributed by atoms with Gasteiger partial charge < -0.3 is 34.2 Å². The molecule has 1 aromatic rings. The number of hydrogen-bond donors (Lipinski definition) is 1. The monoisotopic (exact) mass is 696 g/mol. The van der Waals surface area contributed by atoms with Crippen molar-refractivity contribution in [3.8, 4) is 0 Å². The summed E-state index contributed by atoms with van der Waals surface area (Å²) in [6.07, 6.45) is 9.44. The van der Waals surface area contributed by atoms with Crippen molar-refractivity contribution in [1.29, 1.82) is 0 Å². The van der Waals surface area contributed by atoms with E-state index in [1.54, 1.807) is 4.90 Å². The quantitative estimate of drug-likeness (QED) is 0.319. The van der Waals surface area contributed by atoms with E-state index in [2.05, 4.69) is 9.80 Å². The van der Waals surface area contributed by atoms with Crippen LogP contribution in [-0.2, 0) is 19.1 Å². The highest BCUT2D eigenvalue weighted by Gasteiger charge is 2.31. The van der Waals surface area contributed by atoms with E-state index < -0.39 is 24.3 Å². The van der Waals surface area contributed by atoms with Gasteiger partial charge in [0, 0.05) is 69.9 Å². The molecule has 5 rings (SSSR count). The van der Waals surface area contributed by atoms with E-state index in [0.29, 0.717) is 57.7 Å². The number of cyclic esters (lactones) is 1. The maximum absolute atomic E-state index is 15.1. The summed E-state index contributed by atoms with van der Waals surface area (Å²) in [5, 5.41) is 10.7. The predicted molar refractivity (Wildman–Crippen MR) is 192 cm³/mol. The van der Waals surface area contributed by atoms with Gasteiger partial charge in [0.15, 0.2) is 0 Å². The van der Waals surface area contributed by atoms with E-state index in [1.165, 1.54) is 18.6 Å². The Hall–Kier alpha value is -3.44. The SMILES string of the molecule is C/C(=C\c1cc(F)cc(N2CCN(C(=O)C3CCCCC3)CC2)c1)[C@H]1OC(=O)C[C@H](O)CC[C@H](C)[C@@H](OC(=O)N2CCN(C)CC2)/C=C\[C@@H]1C. The maximum atomic E-state index is 15.1. The molecule has 0 bridgehead atoms. The Balaban J connectivity index is 1.30. The molecule has 0 radical (unpaired) electrons. The zero-order valence-electron chi connectivity index (χ0n) is 30.4. The van der Waals surface area contributed by atoms with Gasteiger partial charge in [-0.3, -0.25) is 9.59 Å². The number of aliphatic hydroxyl groups excluding tert-OH is 1. The topological polar surface area (TPSA) is 103 Å². The summed E-state index contributed by atoms with van der Waals surface area (Å²) >= 11 is 0. The van der Waals surface area contributed by atoms with Gasteiger partial charge in [-0.05, 0) is 81.0 Å². The van der Waals surface area contributed by atoms with Crippen molar-refractivity contribution < 1.29 is 33.4 Å².